The van der Waals surface area contributed by atoms with Gasteiger partial charge in [0.1, 0.15) is 0 Å². The topological polar surface area (TPSA) is 32.8 Å². The average molecular weight is 320 g/mol. The van der Waals surface area contributed by atoms with Gasteiger partial charge < -0.3 is 14.5 Å². The van der Waals surface area contributed by atoms with Gasteiger partial charge in [-0.2, -0.15) is 0 Å². The first kappa shape index (κ1) is 15.9. The molecule has 3 heterocycles. The molecule has 1 amide bonds. The maximum Gasteiger partial charge on any atom is 0.222 e. The van der Waals surface area contributed by atoms with Crippen LogP contribution in [0.1, 0.15) is 64.2 Å². The van der Waals surface area contributed by atoms with Crippen LogP contribution in [0.25, 0.3) is 0 Å². The summed E-state index contributed by atoms with van der Waals surface area (Å²) in [6.07, 6.45) is 12.6. The molecule has 1 saturated carbocycles. The second-order valence-electron chi connectivity index (χ2n) is 8.40. The molecule has 4 nitrogen and oxygen atoms in total. The van der Waals surface area contributed by atoms with E-state index in [4.69, 9.17) is 4.74 Å². The van der Waals surface area contributed by atoms with Crippen molar-refractivity contribution in [3.63, 3.8) is 0 Å². The molecule has 0 aromatic carbocycles. The van der Waals surface area contributed by atoms with Crippen LogP contribution in [0.15, 0.2) is 0 Å². The molecule has 4 rings (SSSR count). The molecule has 4 fully saturated rings. The van der Waals surface area contributed by atoms with E-state index in [1.165, 1.54) is 64.5 Å². The number of hydrogen-bond acceptors (Lipinski definition) is 3. The highest BCUT2D eigenvalue weighted by molar-refractivity contribution is 5.77. The summed E-state index contributed by atoms with van der Waals surface area (Å²) < 4.78 is 5.91. The molecule has 0 aromatic heterocycles. The number of likely N-dealkylation sites (tertiary alicyclic amines) is 2. The van der Waals surface area contributed by atoms with Crippen molar-refractivity contribution in [2.24, 2.45) is 5.41 Å². The number of ether oxygens (including phenoxy) is 1. The van der Waals surface area contributed by atoms with E-state index in [9.17, 15) is 4.79 Å². The lowest BCUT2D eigenvalue weighted by atomic mass is 9.71. The van der Waals surface area contributed by atoms with Crippen molar-refractivity contribution in [1.29, 1.82) is 0 Å². The Labute approximate surface area is 140 Å². The molecule has 0 bridgehead atoms. The molecular weight excluding hydrogens is 288 g/mol. The van der Waals surface area contributed by atoms with E-state index in [0.717, 1.165) is 32.5 Å². The van der Waals surface area contributed by atoms with Crippen LogP contribution >= 0.6 is 0 Å². The van der Waals surface area contributed by atoms with Gasteiger partial charge in [-0.3, -0.25) is 4.79 Å². The van der Waals surface area contributed by atoms with E-state index in [1.807, 2.05) is 0 Å². The van der Waals surface area contributed by atoms with Crippen molar-refractivity contribution in [3.8, 4) is 0 Å². The van der Waals surface area contributed by atoms with Gasteiger partial charge in [0, 0.05) is 32.2 Å². The zero-order valence-electron chi connectivity index (χ0n) is 14.5. The van der Waals surface area contributed by atoms with Crippen molar-refractivity contribution >= 4 is 5.91 Å². The standard InChI is InChI=1S/C19H32N2O2/c22-18-7-8-19(15-21(18)16-4-3-5-16)9-11-20(12-10-19)14-17-6-1-2-13-23-17/h16-17H,1-15H2. The van der Waals surface area contributed by atoms with E-state index in [0.29, 0.717) is 23.5 Å². The van der Waals surface area contributed by atoms with Gasteiger partial charge >= 0.3 is 0 Å². The smallest absolute Gasteiger partial charge is 0.222 e. The predicted octanol–water partition coefficient (Wildman–Crippen LogP) is 2.81. The van der Waals surface area contributed by atoms with Crippen LogP contribution in [0.5, 0.6) is 0 Å². The third-order valence-corrected chi connectivity index (χ3v) is 6.86. The minimum atomic E-state index is 0.424. The molecular formula is C19H32N2O2. The summed E-state index contributed by atoms with van der Waals surface area (Å²) in [5.74, 6) is 0.429. The van der Waals surface area contributed by atoms with Crippen LogP contribution in [-0.4, -0.2) is 60.6 Å². The Hall–Kier alpha value is -0.610. The van der Waals surface area contributed by atoms with E-state index in [1.54, 1.807) is 0 Å². The highest BCUT2D eigenvalue weighted by atomic mass is 16.5. The maximum absolute atomic E-state index is 12.3. The van der Waals surface area contributed by atoms with Gasteiger partial charge in [0.25, 0.3) is 0 Å². The number of carbonyl (C=O) groups excluding carboxylic acids is 1. The van der Waals surface area contributed by atoms with Crippen LogP contribution in [0.4, 0.5) is 0 Å². The van der Waals surface area contributed by atoms with Crippen LogP contribution in [-0.2, 0) is 9.53 Å². The van der Waals surface area contributed by atoms with E-state index in [-0.39, 0.29) is 0 Å². The monoisotopic (exact) mass is 320 g/mol. The van der Waals surface area contributed by atoms with Crippen LogP contribution in [0.3, 0.4) is 0 Å². The third-order valence-electron chi connectivity index (χ3n) is 6.86. The lowest BCUT2D eigenvalue weighted by molar-refractivity contribution is -0.144. The second kappa shape index (κ2) is 6.72. The minimum absolute atomic E-state index is 0.424. The van der Waals surface area contributed by atoms with Crippen molar-refractivity contribution in [1.82, 2.24) is 9.80 Å². The van der Waals surface area contributed by atoms with Gasteiger partial charge in [0.05, 0.1) is 6.10 Å². The fourth-order valence-electron chi connectivity index (χ4n) is 4.93. The molecule has 3 aliphatic heterocycles. The summed E-state index contributed by atoms with van der Waals surface area (Å²) in [4.78, 5) is 17.2. The number of hydrogen-bond donors (Lipinski definition) is 0. The SMILES string of the molecule is O=C1CCC2(CCN(CC3CCCCO3)CC2)CN1C1CCC1. The molecule has 0 aromatic rings. The Kier molecular flexibility index (Phi) is 4.64. The Morgan fingerprint density at radius 2 is 1.87 bits per heavy atom. The summed E-state index contributed by atoms with van der Waals surface area (Å²) in [5, 5.41) is 0. The van der Waals surface area contributed by atoms with E-state index in [2.05, 4.69) is 9.80 Å². The zero-order chi connectivity index (χ0) is 15.7. The molecule has 130 valence electrons. The van der Waals surface area contributed by atoms with Gasteiger partial charge in [0.15, 0.2) is 0 Å². The average Bonchev–Trinajstić information content (AvgIpc) is 2.53. The van der Waals surface area contributed by atoms with Crippen molar-refractivity contribution < 1.29 is 9.53 Å². The third kappa shape index (κ3) is 3.43. The second-order valence-corrected chi connectivity index (χ2v) is 8.40. The van der Waals surface area contributed by atoms with E-state index < -0.39 is 0 Å². The Morgan fingerprint density at radius 1 is 1.04 bits per heavy atom. The number of rotatable bonds is 3. The Balaban J connectivity index is 1.30. The normalized spacial score (nSPS) is 33.0. The van der Waals surface area contributed by atoms with Crippen molar-refractivity contribution in [2.45, 2.75) is 76.4 Å². The summed E-state index contributed by atoms with van der Waals surface area (Å²) in [6, 6.07) is 0.577. The first-order chi connectivity index (χ1) is 11.2. The van der Waals surface area contributed by atoms with Crippen LogP contribution < -0.4 is 0 Å². The zero-order valence-corrected chi connectivity index (χ0v) is 14.5. The fourth-order valence-corrected chi connectivity index (χ4v) is 4.93. The van der Waals surface area contributed by atoms with Gasteiger partial charge in [-0.1, -0.05) is 0 Å². The van der Waals surface area contributed by atoms with Gasteiger partial charge in [-0.15, -0.1) is 0 Å². The number of piperidine rings is 2. The first-order valence-electron chi connectivity index (χ1n) is 9.88. The number of nitrogens with zero attached hydrogens (tertiary/aromatic N) is 2. The lowest BCUT2D eigenvalue weighted by Gasteiger charge is -2.51. The highest BCUT2D eigenvalue weighted by Gasteiger charge is 2.43. The summed E-state index contributed by atoms with van der Waals surface area (Å²) in [7, 11) is 0. The summed E-state index contributed by atoms with van der Waals surface area (Å²) in [6.45, 7) is 5.53. The predicted molar refractivity (Wildman–Crippen MR) is 90.3 cm³/mol. The molecule has 1 unspecified atom stereocenters. The van der Waals surface area contributed by atoms with Gasteiger partial charge in [-0.25, -0.2) is 0 Å². The minimum Gasteiger partial charge on any atom is -0.377 e. The Morgan fingerprint density at radius 3 is 2.52 bits per heavy atom. The largest absolute Gasteiger partial charge is 0.377 e. The number of amides is 1. The molecule has 1 aliphatic carbocycles. The first-order valence-corrected chi connectivity index (χ1v) is 9.88. The van der Waals surface area contributed by atoms with Crippen LogP contribution in [0, 0.1) is 5.41 Å². The molecule has 1 atom stereocenters. The van der Waals surface area contributed by atoms with E-state index >= 15 is 0 Å². The van der Waals surface area contributed by atoms with Crippen molar-refractivity contribution in [2.75, 3.05) is 32.8 Å². The molecule has 3 saturated heterocycles. The molecule has 1 spiro atoms. The highest BCUT2D eigenvalue weighted by Crippen LogP contribution is 2.42. The summed E-state index contributed by atoms with van der Waals surface area (Å²) in [5.41, 5.74) is 0.424. The van der Waals surface area contributed by atoms with Crippen molar-refractivity contribution in [3.05, 3.63) is 0 Å². The number of carbonyl (C=O) groups is 1. The fraction of sp³-hybridized carbons (Fsp3) is 0.947. The Bertz CT molecular complexity index is 421. The van der Waals surface area contributed by atoms with Gasteiger partial charge in [0.2, 0.25) is 5.91 Å². The summed E-state index contributed by atoms with van der Waals surface area (Å²) >= 11 is 0. The maximum atomic E-state index is 12.3. The molecule has 0 radical (unpaired) electrons. The quantitative estimate of drug-likeness (QED) is 0.801. The lowest BCUT2D eigenvalue weighted by Crippen LogP contribution is -2.56. The van der Waals surface area contributed by atoms with Crippen LogP contribution in [0.2, 0.25) is 0 Å². The molecule has 4 heteroatoms. The molecule has 23 heavy (non-hydrogen) atoms. The molecule has 4 aliphatic rings. The molecule has 0 N–H and O–H groups in total. The van der Waals surface area contributed by atoms with Gasteiger partial charge in [-0.05, 0) is 76.3 Å².